The molecule has 0 aliphatic heterocycles. The second-order valence-electron chi connectivity index (χ2n) is 7.87. The van der Waals surface area contributed by atoms with E-state index in [0.717, 1.165) is 44.9 Å². The first-order valence-corrected chi connectivity index (χ1v) is 9.78. The van der Waals surface area contributed by atoms with Crippen LogP contribution >= 0.6 is 0 Å². The van der Waals surface area contributed by atoms with Crippen LogP contribution < -0.4 is 0 Å². The summed E-state index contributed by atoms with van der Waals surface area (Å²) in [7, 11) is 1.34. The van der Waals surface area contributed by atoms with Gasteiger partial charge in [-0.15, -0.1) is 6.58 Å². The first-order valence-electron chi connectivity index (χ1n) is 9.78. The Balaban J connectivity index is 3.65. The lowest BCUT2D eigenvalue weighted by molar-refractivity contribution is -0.153. The Morgan fingerprint density at radius 3 is 2.08 bits per heavy atom. The van der Waals surface area contributed by atoms with Crippen LogP contribution in [0.15, 0.2) is 12.7 Å². The van der Waals surface area contributed by atoms with Gasteiger partial charge in [-0.25, -0.2) is 0 Å². The second kappa shape index (κ2) is 13.8. The highest BCUT2D eigenvalue weighted by molar-refractivity contribution is 5.75. The van der Waals surface area contributed by atoms with Crippen molar-refractivity contribution >= 4 is 11.9 Å². The van der Waals surface area contributed by atoms with E-state index < -0.39 is 17.4 Å². The van der Waals surface area contributed by atoms with Gasteiger partial charge in [-0.2, -0.15) is 0 Å². The molecule has 1 N–H and O–H groups in total. The summed E-state index contributed by atoms with van der Waals surface area (Å²) in [6.45, 7) is 9.70. The number of aliphatic hydroxyl groups excluding tert-OH is 1. The predicted octanol–water partition coefficient (Wildman–Crippen LogP) is 4.42. The Kier molecular flexibility index (Phi) is 13.1. The number of carbonyl (C=O) groups is 2. The molecule has 0 fully saturated rings. The summed E-state index contributed by atoms with van der Waals surface area (Å²) in [4.78, 5) is 23.2. The Labute approximate surface area is 159 Å². The number of aliphatic hydroxyl groups is 1. The minimum absolute atomic E-state index is 0.141. The van der Waals surface area contributed by atoms with Gasteiger partial charge in [-0.05, 0) is 40.0 Å². The number of hydrogen-bond donors (Lipinski definition) is 1. The van der Waals surface area contributed by atoms with Crippen molar-refractivity contribution in [2.24, 2.45) is 11.3 Å². The fourth-order valence-corrected chi connectivity index (χ4v) is 2.66. The summed E-state index contributed by atoms with van der Waals surface area (Å²) in [5.74, 6) is -1.02. The van der Waals surface area contributed by atoms with E-state index in [1.807, 2.05) is 20.8 Å². The Morgan fingerprint density at radius 1 is 1.04 bits per heavy atom. The van der Waals surface area contributed by atoms with Crippen molar-refractivity contribution in [2.75, 3.05) is 13.7 Å². The van der Waals surface area contributed by atoms with Gasteiger partial charge >= 0.3 is 11.9 Å². The van der Waals surface area contributed by atoms with E-state index in [4.69, 9.17) is 9.47 Å². The van der Waals surface area contributed by atoms with Crippen molar-refractivity contribution in [3.8, 4) is 0 Å². The van der Waals surface area contributed by atoms with Gasteiger partial charge in [0, 0.05) is 0 Å². The van der Waals surface area contributed by atoms with E-state index in [0.29, 0.717) is 19.4 Å². The van der Waals surface area contributed by atoms with E-state index in [1.165, 1.54) is 7.11 Å². The van der Waals surface area contributed by atoms with Gasteiger partial charge < -0.3 is 14.6 Å². The molecule has 2 atom stereocenters. The van der Waals surface area contributed by atoms with Crippen molar-refractivity contribution in [1.29, 1.82) is 0 Å². The van der Waals surface area contributed by atoms with E-state index in [2.05, 4.69) is 6.58 Å². The zero-order valence-electron chi connectivity index (χ0n) is 17.1. The highest BCUT2D eigenvalue weighted by Gasteiger charge is 2.26. The standard InChI is InChI=1S/C21H38O5/c1-6-14-17(19(23)25-5)18(22)15-12-10-8-7-9-11-13-16-26-20(24)21(2,3)4/h6,17-18,22H,1,7-16H2,2-5H3/t17-,18-/m1/s1. The third-order valence-corrected chi connectivity index (χ3v) is 4.38. The Bertz CT molecular complexity index is 411. The zero-order valence-corrected chi connectivity index (χ0v) is 17.1. The summed E-state index contributed by atoms with van der Waals surface area (Å²) < 4.78 is 9.97. The predicted molar refractivity (Wildman–Crippen MR) is 104 cm³/mol. The van der Waals surface area contributed by atoms with Crippen molar-refractivity contribution < 1.29 is 24.2 Å². The molecule has 0 heterocycles. The lowest BCUT2D eigenvalue weighted by Crippen LogP contribution is -2.29. The summed E-state index contributed by atoms with van der Waals surface area (Å²) in [5, 5.41) is 10.2. The lowest BCUT2D eigenvalue weighted by Gasteiger charge is -2.19. The SMILES string of the molecule is C=CC[C@@H](C(=O)OC)[C@H](O)CCCCCCCCCOC(=O)C(C)(C)C. The summed E-state index contributed by atoms with van der Waals surface area (Å²) >= 11 is 0. The molecular formula is C21H38O5. The molecule has 0 aromatic carbocycles. The molecule has 26 heavy (non-hydrogen) atoms. The van der Waals surface area contributed by atoms with E-state index in [1.54, 1.807) is 6.08 Å². The highest BCUT2D eigenvalue weighted by atomic mass is 16.5. The minimum Gasteiger partial charge on any atom is -0.469 e. The third-order valence-electron chi connectivity index (χ3n) is 4.38. The molecule has 152 valence electrons. The van der Waals surface area contributed by atoms with Crippen LogP contribution in [-0.4, -0.2) is 36.9 Å². The van der Waals surface area contributed by atoms with Crippen LogP contribution in [0, 0.1) is 11.3 Å². The number of hydrogen-bond acceptors (Lipinski definition) is 5. The van der Waals surface area contributed by atoms with Crippen LogP contribution in [0.1, 0.15) is 78.6 Å². The molecule has 0 unspecified atom stereocenters. The molecule has 0 saturated heterocycles. The topological polar surface area (TPSA) is 72.8 Å². The highest BCUT2D eigenvalue weighted by Crippen LogP contribution is 2.19. The van der Waals surface area contributed by atoms with Crippen LogP contribution in [0.5, 0.6) is 0 Å². The monoisotopic (exact) mass is 370 g/mol. The quantitative estimate of drug-likeness (QED) is 0.278. The zero-order chi connectivity index (χ0) is 20.0. The number of methoxy groups -OCH3 is 1. The molecule has 0 aromatic rings. The van der Waals surface area contributed by atoms with E-state index >= 15 is 0 Å². The second-order valence-corrected chi connectivity index (χ2v) is 7.87. The smallest absolute Gasteiger partial charge is 0.311 e. The van der Waals surface area contributed by atoms with Crippen molar-refractivity contribution in [3.63, 3.8) is 0 Å². The number of esters is 2. The van der Waals surface area contributed by atoms with E-state index in [9.17, 15) is 14.7 Å². The maximum absolute atomic E-state index is 11.6. The molecule has 0 saturated carbocycles. The number of ether oxygens (including phenoxy) is 2. The molecule has 5 nitrogen and oxygen atoms in total. The largest absolute Gasteiger partial charge is 0.469 e. The maximum atomic E-state index is 11.6. The van der Waals surface area contributed by atoms with E-state index in [-0.39, 0.29) is 11.9 Å². The van der Waals surface area contributed by atoms with Crippen molar-refractivity contribution in [1.82, 2.24) is 0 Å². The van der Waals surface area contributed by atoms with Crippen LogP contribution in [0.2, 0.25) is 0 Å². The van der Waals surface area contributed by atoms with Crippen LogP contribution in [0.3, 0.4) is 0 Å². The molecule has 0 rings (SSSR count). The van der Waals surface area contributed by atoms with Crippen molar-refractivity contribution in [3.05, 3.63) is 12.7 Å². The van der Waals surface area contributed by atoms with Crippen LogP contribution in [0.25, 0.3) is 0 Å². The Morgan fingerprint density at radius 2 is 1.58 bits per heavy atom. The molecule has 0 aromatic heterocycles. The lowest BCUT2D eigenvalue weighted by atomic mass is 9.94. The number of unbranched alkanes of at least 4 members (excludes halogenated alkanes) is 6. The molecule has 0 aliphatic rings. The van der Waals surface area contributed by atoms with Crippen LogP contribution in [-0.2, 0) is 19.1 Å². The van der Waals surface area contributed by atoms with Gasteiger partial charge in [0.1, 0.15) is 0 Å². The normalized spacial score (nSPS) is 13.7. The molecule has 0 aliphatic carbocycles. The fourth-order valence-electron chi connectivity index (χ4n) is 2.66. The first-order chi connectivity index (χ1) is 12.2. The van der Waals surface area contributed by atoms with Gasteiger partial charge in [0.05, 0.1) is 31.2 Å². The molecule has 0 amide bonds. The first kappa shape index (κ1) is 24.6. The molecule has 5 heteroatoms. The number of rotatable bonds is 14. The summed E-state index contributed by atoms with van der Waals surface area (Å²) in [6.07, 6.45) is 9.29. The summed E-state index contributed by atoms with van der Waals surface area (Å²) in [6, 6.07) is 0. The van der Waals surface area contributed by atoms with Gasteiger partial charge in [0.2, 0.25) is 0 Å². The van der Waals surface area contributed by atoms with Gasteiger partial charge in [-0.1, -0.05) is 44.6 Å². The van der Waals surface area contributed by atoms with Crippen LogP contribution in [0.4, 0.5) is 0 Å². The van der Waals surface area contributed by atoms with Gasteiger partial charge in [-0.3, -0.25) is 9.59 Å². The maximum Gasteiger partial charge on any atom is 0.311 e. The van der Waals surface area contributed by atoms with Gasteiger partial charge in [0.15, 0.2) is 0 Å². The third kappa shape index (κ3) is 11.3. The Hall–Kier alpha value is -1.36. The average molecular weight is 371 g/mol. The number of allylic oxidation sites excluding steroid dienone is 1. The molecule has 0 bridgehead atoms. The molecule has 0 spiro atoms. The van der Waals surface area contributed by atoms with Crippen molar-refractivity contribution in [2.45, 2.75) is 84.7 Å². The minimum atomic E-state index is -0.669. The average Bonchev–Trinajstić information content (AvgIpc) is 2.59. The fraction of sp³-hybridized carbons (Fsp3) is 0.810. The number of carbonyl (C=O) groups excluding carboxylic acids is 2. The summed E-state index contributed by atoms with van der Waals surface area (Å²) in [5.41, 5.74) is -0.427. The molecular weight excluding hydrogens is 332 g/mol. The molecule has 0 radical (unpaired) electrons. The van der Waals surface area contributed by atoms with Gasteiger partial charge in [0.25, 0.3) is 0 Å².